The van der Waals surface area contributed by atoms with Crippen molar-refractivity contribution in [1.82, 2.24) is 5.32 Å². The van der Waals surface area contributed by atoms with Crippen molar-refractivity contribution >= 4 is 87.3 Å². The van der Waals surface area contributed by atoms with Crippen LogP contribution in [-0.4, -0.2) is 29.4 Å². The van der Waals surface area contributed by atoms with Crippen molar-refractivity contribution in [2.45, 2.75) is 0 Å². The van der Waals surface area contributed by atoms with E-state index >= 15 is 0 Å². The maximum atomic E-state index is 13.7. The number of halogens is 4. The van der Waals surface area contributed by atoms with E-state index in [2.05, 4.69) is 10.6 Å². The van der Waals surface area contributed by atoms with Gasteiger partial charge in [-0.1, -0.05) is 59.1 Å². The predicted octanol–water partition coefficient (Wildman–Crippen LogP) is 5.63. The highest BCUT2D eigenvalue weighted by atomic mass is 35.5. The third-order valence-corrected chi connectivity index (χ3v) is 6.44. The van der Waals surface area contributed by atoms with Gasteiger partial charge in [-0.2, -0.15) is 0 Å². The van der Waals surface area contributed by atoms with Crippen LogP contribution in [0.3, 0.4) is 0 Å². The highest BCUT2D eigenvalue weighted by Gasteiger charge is 2.35. The summed E-state index contributed by atoms with van der Waals surface area (Å²) in [6, 6.07) is 14.8. The number of benzene rings is 3. The van der Waals surface area contributed by atoms with Crippen LogP contribution in [0.25, 0.3) is 6.08 Å². The second kappa shape index (κ2) is 11.3. The van der Waals surface area contributed by atoms with Gasteiger partial charge in [0.15, 0.2) is 11.7 Å². The lowest BCUT2D eigenvalue weighted by Crippen LogP contribution is -2.54. The number of hydrogen-bond acceptors (Lipinski definition) is 5. The zero-order chi connectivity index (χ0) is 26.7. The topological polar surface area (TPSA) is 87.7 Å². The molecule has 0 spiro atoms. The summed E-state index contributed by atoms with van der Waals surface area (Å²) in [7, 11) is 0. The molecule has 3 amide bonds. The fourth-order valence-corrected chi connectivity index (χ4v) is 4.22. The van der Waals surface area contributed by atoms with Crippen molar-refractivity contribution in [1.29, 1.82) is 0 Å². The number of amides is 3. The van der Waals surface area contributed by atoms with Gasteiger partial charge in [0.25, 0.3) is 17.7 Å². The van der Waals surface area contributed by atoms with Gasteiger partial charge in [-0.25, -0.2) is 4.39 Å². The number of nitrogens with one attached hydrogen (secondary N) is 2. The lowest BCUT2D eigenvalue weighted by molar-refractivity contribution is -0.122. The quantitative estimate of drug-likeness (QED) is 0.225. The molecule has 0 radical (unpaired) electrons. The number of carbonyl (C=O) groups excluding carboxylic acids is 3. The van der Waals surface area contributed by atoms with Gasteiger partial charge in [-0.15, -0.1) is 0 Å². The van der Waals surface area contributed by atoms with Crippen LogP contribution in [-0.2, 0) is 14.4 Å². The zero-order valence-corrected chi connectivity index (χ0v) is 21.6. The van der Waals surface area contributed by atoms with E-state index in [1.165, 1.54) is 42.5 Å². The first-order chi connectivity index (χ1) is 17.7. The molecule has 2 N–H and O–H groups in total. The van der Waals surface area contributed by atoms with Crippen LogP contribution in [0.5, 0.6) is 5.75 Å². The van der Waals surface area contributed by atoms with Gasteiger partial charge in [0.05, 0.1) is 26.4 Å². The summed E-state index contributed by atoms with van der Waals surface area (Å²) in [6.45, 7) is -0.428. The Morgan fingerprint density at radius 2 is 1.81 bits per heavy atom. The van der Waals surface area contributed by atoms with Crippen molar-refractivity contribution in [3.63, 3.8) is 0 Å². The highest BCUT2D eigenvalue weighted by Crippen LogP contribution is 2.34. The van der Waals surface area contributed by atoms with Crippen molar-refractivity contribution in [3.8, 4) is 5.75 Å². The second-order valence-electron chi connectivity index (χ2n) is 7.54. The lowest BCUT2D eigenvalue weighted by Gasteiger charge is -2.29. The normalized spacial score (nSPS) is 14.5. The first kappa shape index (κ1) is 26.6. The average Bonchev–Trinajstić information content (AvgIpc) is 2.85. The molecule has 0 saturated carbocycles. The van der Waals surface area contributed by atoms with Gasteiger partial charge in [-0.3, -0.25) is 24.6 Å². The van der Waals surface area contributed by atoms with Gasteiger partial charge < -0.3 is 10.1 Å². The molecule has 188 valence electrons. The molecule has 0 atom stereocenters. The van der Waals surface area contributed by atoms with Gasteiger partial charge in [0, 0.05) is 0 Å². The summed E-state index contributed by atoms with van der Waals surface area (Å²) in [5.41, 5.74) is 0.410. The number of para-hydroxylation sites is 1. The van der Waals surface area contributed by atoms with E-state index in [4.69, 9.17) is 51.8 Å². The number of rotatable bonds is 6. The summed E-state index contributed by atoms with van der Waals surface area (Å²) in [6.07, 6.45) is 1.32. The fraction of sp³-hybridized carbons (Fsp3) is 0.0400. The number of hydrogen-bond donors (Lipinski definition) is 2. The van der Waals surface area contributed by atoms with E-state index in [0.717, 1.165) is 4.90 Å². The van der Waals surface area contributed by atoms with E-state index in [1.807, 2.05) is 0 Å². The van der Waals surface area contributed by atoms with Gasteiger partial charge >= 0.3 is 0 Å². The van der Waals surface area contributed by atoms with E-state index in [1.54, 1.807) is 24.3 Å². The van der Waals surface area contributed by atoms with Crippen molar-refractivity contribution in [2.24, 2.45) is 0 Å². The molecule has 37 heavy (non-hydrogen) atoms. The van der Waals surface area contributed by atoms with Crippen molar-refractivity contribution < 1.29 is 23.5 Å². The maximum absolute atomic E-state index is 13.7. The molecule has 7 nitrogen and oxygen atoms in total. The first-order valence-electron chi connectivity index (χ1n) is 10.5. The molecular weight excluding hydrogens is 564 g/mol. The monoisotopic (exact) mass is 577 g/mol. The molecule has 0 unspecified atom stereocenters. The summed E-state index contributed by atoms with van der Waals surface area (Å²) >= 11 is 23.8. The molecule has 0 aliphatic carbocycles. The maximum Gasteiger partial charge on any atom is 0.270 e. The predicted molar refractivity (Wildman–Crippen MR) is 145 cm³/mol. The molecule has 1 aliphatic rings. The van der Waals surface area contributed by atoms with Gasteiger partial charge in [0.2, 0.25) is 0 Å². The van der Waals surface area contributed by atoms with Crippen LogP contribution in [0.2, 0.25) is 15.1 Å². The van der Waals surface area contributed by atoms with E-state index < -0.39 is 30.1 Å². The lowest BCUT2D eigenvalue weighted by atomic mass is 10.1. The van der Waals surface area contributed by atoms with Crippen molar-refractivity contribution in [3.05, 3.63) is 92.7 Å². The number of nitrogens with zero attached hydrogens (tertiary/aromatic N) is 1. The number of anilines is 2. The largest absolute Gasteiger partial charge is 0.482 e. The smallest absolute Gasteiger partial charge is 0.270 e. The Morgan fingerprint density at radius 1 is 1.05 bits per heavy atom. The number of ether oxygens (including phenoxy) is 1. The van der Waals surface area contributed by atoms with Crippen LogP contribution in [0, 0.1) is 5.82 Å². The third-order valence-electron chi connectivity index (χ3n) is 5.05. The summed E-state index contributed by atoms with van der Waals surface area (Å²) < 4.78 is 19.1. The molecule has 1 fully saturated rings. The molecule has 1 heterocycles. The summed E-state index contributed by atoms with van der Waals surface area (Å²) in [5, 5.41) is 5.13. The summed E-state index contributed by atoms with van der Waals surface area (Å²) in [4.78, 5) is 38.9. The average molecular weight is 579 g/mol. The third kappa shape index (κ3) is 5.91. The van der Waals surface area contributed by atoms with E-state index in [9.17, 15) is 18.8 Å². The highest BCUT2D eigenvalue weighted by molar-refractivity contribution is 7.80. The van der Waals surface area contributed by atoms with Crippen LogP contribution in [0.1, 0.15) is 5.56 Å². The van der Waals surface area contributed by atoms with Crippen LogP contribution in [0.15, 0.2) is 66.2 Å². The fourth-order valence-electron chi connectivity index (χ4n) is 3.32. The molecule has 1 aliphatic heterocycles. The molecule has 3 aromatic carbocycles. The molecule has 12 heteroatoms. The molecule has 0 bridgehead atoms. The van der Waals surface area contributed by atoms with Crippen LogP contribution >= 0.6 is 47.0 Å². The van der Waals surface area contributed by atoms with E-state index in [-0.39, 0.29) is 42.9 Å². The Labute approximate surface area is 230 Å². The first-order valence-corrected chi connectivity index (χ1v) is 12.0. The number of thiocarbonyl (C=S) groups is 1. The zero-order valence-electron chi connectivity index (χ0n) is 18.6. The standard InChI is InChI=1S/C25H15Cl3FN3O4S/c26-15-4-3-7-19(22(15)28)32-24(35)14(23(34)31-25(32)37)10-13-8-9-20(16(27)11-13)36-12-21(33)30-18-6-2-1-5-17(18)29/h1-11H,12H2,(H,30,33)(H,31,34,37)/b14-10+. The molecule has 4 rings (SSSR count). The minimum absolute atomic E-state index is 0.0205. The van der Waals surface area contributed by atoms with Crippen molar-refractivity contribution in [2.75, 3.05) is 16.8 Å². The molecular formula is C25H15Cl3FN3O4S. The Kier molecular flexibility index (Phi) is 8.09. The van der Waals surface area contributed by atoms with Gasteiger partial charge in [-0.05, 0) is 60.3 Å². The Bertz CT molecular complexity index is 1480. The Balaban J connectivity index is 1.51. The van der Waals surface area contributed by atoms with Crippen LogP contribution < -0.4 is 20.3 Å². The van der Waals surface area contributed by atoms with E-state index in [0.29, 0.717) is 5.56 Å². The molecule has 1 saturated heterocycles. The second-order valence-corrected chi connectivity index (χ2v) is 9.12. The Morgan fingerprint density at radius 3 is 2.54 bits per heavy atom. The van der Waals surface area contributed by atoms with Gasteiger partial charge in [0.1, 0.15) is 17.1 Å². The molecule has 0 aromatic heterocycles. The SMILES string of the molecule is O=C(COc1ccc(/C=C2\C(=O)NC(=S)N(c3cccc(Cl)c3Cl)C2=O)cc1Cl)Nc1ccccc1F. The Hall–Kier alpha value is -3.50. The minimum Gasteiger partial charge on any atom is -0.482 e. The molecule has 3 aromatic rings. The minimum atomic E-state index is -0.709. The van der Waals surface area contributed by atoms with Crippen LogP contribution in [0.4, 0.5) is 15.8 Å². The number of carbonyl (C=O) groups is 3. The summed E-state index contributed by atoms with van der Waals surface area (Å²) in [5.74, 6) is -2.41.